The van der Waals surface area contributed by atoms with Crippen LogP contribution in [0.25, 0.3) is 0 Å². The van der Waals surface area contributed by atoms with Crippen molar-refractivity contribution in [2.75, 3.05) is 0 Å². The second kappa shape index (κ2) is 7.58. The van der Waals surface area contributed by atoms with E-state index in [4.69, 9.17) is 4.74 Å². The average molecular weight is 359 g/mol. The highest BCUT2D eigenvalue weighted by Gasteiger charge is 2.25. The molecule has 1 aromatic carbocycles. The Morgan fingerprint density at radius 2 is 1.92 bits per heavy atom. The summed E-state index contributed by atoms with van der Waals surface area (Å²) >= 11 is 1.62. The van der Waals surface area contributed by atoms with E-state index in [9.17, 15) is 4.79 Å². The van der Waals surface area contributed by atoms with Crippen LogP contribution in [0.15, 0.2) is 30.3 Å². The number of nitrogens with one attached hydrogen (secondary N) is 1. The molecule has 0 atom stereocenters. The number of hydrogen-bond donors (Lipinski definition) is 1. The number of thiophene rings is 1. The summed E-state index contributed by atoms with van der Waals surface area (Å²) < 4.78 is 5.63. The van der Waals surface area contributed by atoms with Gasteiger partial charge >= 0.3 is 0 Å². The first kappa shape index (κ1) is 18.0. The summed E-state index contributed by atoms with van der Waals surface area (Å²) in [4.78, 5) is 17.0. The van der Waals surface area contributed by atoms with Gasteiger partial charge in [-0.2, -0.15) is 0 Å². The minimum atomic E-state index is 0.0120. The number of hydrogen-bond acceptors (Lipinski definition) is 4. The Hall–Kier alpha value is -1.85. The van der Waals surface area contributed by atoms with Gasteiger partial charge in [0, 0.05) is 30.6 Å². The quantitative estimate of drug-likeness (QED) is 0.842. The molecule has 1 N–H and O–H groups in total. The summed E-state index contributed by atoms with van der Waals surface area (Å²) in [6.45, 7) is 10.9. The molecule has 4 nitrogen and oxygen atoms in total. The van der Waals surface area contributed by atoms with Crippen LogP contribution in [-0.2, 0) is 19.6 Å². The Balaban J connectivity index is 1.54. The van der Waals surface area contributed by atoms with Crippen molar-refractivity contribution >= 4 is 17.2 Å². The highest BCUT2D eigenvalue weighted by atomic mass is 32.1. The zero-order chi connectivity index (χ0) is 18.0. The number of amides is 1. The van der Waals surface area contributed by atoms with Crippen LogP contribution in [0.5, 0.6) is 5.75 Å². The van der Waals surface area contributed by atoms with E-state index in [1.165, 1.54) is 10.4 Å². The summed E-state index contributed by atoms with van der Waals surface area (Å²) in [6, 6.07) is 10.5. The van der Waals surface area contributed by atoms with Crippen molar-refractivity contribution in [2.45, 2.75) is 59.5 Å². The highest BCUT2D eigenvalue weighted by Crippen LogP contribution is 2.32. The van der Waals surface area contributed by atoms with Gasteiger partial charge in [-0.3, -0.25) is 9.69 Å². The SMILES string of the molecule is CC(C)Oc1ccc(CNC(=O)c2cc3c(s2)CN(C(C)C)C3)cc1. The molecule has 0 aliphatic carbocycles. The van der Waals surface area contributed by atoms with E-state index in [2.05, 4.69) is 30.1 Å². The number of ether oxygens (including phenoxy) is 1. The van der Waals surface area contributed by atoms with Gasteiger partial charge in [-0.05, 0) is 57.0 Å². The molecule has 3 rings (SSSR count). The molecule has 0 unspecified atom stereocenters. The smallest absolute Gasteiger partial charge is 0.261 e. The van der Waals surface area contributed by atoms with Crippen LogP contribution in [-0.4, -0.2) is 23.0 Å². The van der Waals surface area contributed by atoms with E-state index in [0.29, 0.717) is 12.6 Å². The zero-order valence-electron chi connectivity index (χ0n) is 15.3. The van der Waals surface area contributed by atoms with Crippen molar-refractivity contribution in [1.29, 1.82) is 0 Å². The third kappa shape index (κ3) is 4.41. The summed E-state index contributed by atoms with van der Waals surface area (Å²) in [5.74, 6) is 0.868. The van der Waals surface area contributed by atoms with Crippen molar-refractivity contribution in [3.05, 3.63) is 51.2 Å². The lowest BCUT2D eigenvalue weighted by Gasteiger charge is -2.19. The van der Waals surface area contributed by atoms with Crippen molar-refractivity contribution in [2.24, 2.45) is 0 Å². The molecule has 5 heteroatoms. The van der Waals surface area contributed by atoms with Gasteiger partial charge in [-0.25, -0.2) is 0 Å². The maximum atomic E-state index is 12.4. The van der Waals surface area contributed by atoms with Gasteiger partial charge in [0.1, 0.15) is 5.75 Å². The summed E-state index contributed by atoms with van der Waals surface area (Å²) in [5, 5.41) is 3.02. The molecule has 25 heavy (non-hydrogen) atoms. The van der Waals surface area contributed by atoms with Crippen LogP contribution < -0.4 is 10.1 Å². The maximum absolute atomic E-state index is 12.4. The van der Waals surface area contributed by atoms with Crippen LogP contribution in [0.3, 0.4) is 0 Å². The topological polar surface area (TPSA) is 41.6 Å². The zero-order valence-corrected chi connectivity index (χ0v) is 16.2. The summed E-state index contributed by atoms with van der Waals surface area (Å²) in [7, 11) is 0. The molecule has 134 valence electrons. The lowest BCUT2D eigenvalue weighted by atomic mass is 10.2. The number of nitrogens with zero attached hydrogens (tertiary/aromatic N) is 1. The normalized spacial score (nSPS) is 14.2. The summed E-state index contributed by atoms with van der Waals surface area (Å²) in [6.07, 6.45) is 0.165. The van der Waals surface area contributed by atoms with Crippen LogP contribution in [0.2, 0.25) is 0 Å². The molecular formula is C20H26N2O2S. The fraction of sp³-hybridized carbons (Fsp3) is 0.450. The van der Waals surface area contributed by atoms with E-state index in [1.54, 1.807) is 11.3 Å². The van der Waals surface area contributed by atoms with Crippen molar-refractivity contribution < 1.29 is 9.53 Å². The van der Waals surface area contributed by atoms with E-state index < -0.39 is 0 Å². The third-order valence-electron chi connectivity index (χ3n) is 4.32. The van der Waals surface area contributed by atoms with Gasteiger partial charge in [0.25, 0.3) is 5.91 Å². The molecule has 1 aromatic heterocycles. The molecule has 0 saturated heterocycles. The number of carbonyl (C=O) groups excluding carboxylic acids is 1. The molecule has 1 aliphatic heterocycles. The highest BCUT2D eigenvalue weighted by molar-refractivity contribution is 7.14. The Morgan fingerprint density at radius 1 is 1.20 bits per heavy atom. The summed E-state index contributed by atoms with van der Waals surface area (Å²) in [5.41, 5.74) is 2.37. The van der Waals surface area contributed by atoms with Crippen LogP contribution >= 0.6 is 11.3 Å². The fourth-order valence-corrected chi connectivity index (χ4v) is 4.01. The van der Waals surface area contributed by atoms with Gasteiger partial charge in [0.05, 0.1) is 11.0 Å². The number of carbonyl (C=O) groups is 1. The van der Waals surface area contributed by atoms with Crippen molar-refractivity contribution in [3.63, 3.8) is 0 Å². The van der Waals surface area contributed by atoms with E-state index in [-0.39, 0.29) is 12.0 Å². The largest absolute Gasteiger partial charge is 0.491 e. The fourth-order valence-electron chi connectivity index (χ4n) is 2.90. The molecule has 1 amide bonds. The monoisotopic (exact) mass is 358 g/mol. The first-order valence-corrected chi connectivity index (χ1v) is 9.63. The van der Waals surface area contributed by atoms with Crippen LogP contribution in [0, 0.1) is 0 Å². The Kier molecular flexibility index (Phi) is 5.45. The van der Waals surface area contributed by atoms with E-state index in [0.717, 1.165) is 29.3 Å². The maximum Gasteiger partial charge on any atom is 0.261 e. The predicted molar refractivity (Wildman–Crippen MR) is 102 cm³/mol. The molecule has 2 heterocycles. The Morgan fingerprint density at radius 3 is 2.52 bits per heavy atom. The van der Waals surface area contributed by atoms with Crippen molar-refractivity contribution in [1.82, 2.24) is 10.2 Å². The van der Waals surface area contributed by atoms with Gasteiger partial charge < -0.3 is 10.1 Å². The third-order valence-corrected chi connectivity index (χ3v) is 5.48. The number of fused-ring (bicyclic) bond motifs is 1. The molecule has 0 bridgehead atoms. The van der Waals surface area contributed by atoms with Gasteiger partial charge in [0.15, 0.2) is 0 Å². The molecular weight excluding hydrogens is 332 g/mol. The van der Waals surface area contributed by atoms with Gasteiger partial charge in [-0.15, -0.1) is 11.3 Å². The minimum Gasteiger partial charge on any atom is -0.491 e. The standard InChI is InChI=1S/C20H26N2O2S/c1-13(2)22-11-16-9-18(25-19(16)12-22)20(23)21-10-15-5-7-17(8-6-15)24-14(3)4/h5-9,13-14H,10-12H2,1-4H3,(H,21,23). The molecule has 0 fully saturated rings. The number of benzene rings is 1. The van der Waals surface area contributed by atoms with E-state index >= 15 is 0 Å². The van der Waals surface area contributed by atoms with Gasteiger partial charge in [0.2, 0.25) is 0 Å². The number of rotatable bonds is 6. The lowest BCUT2D eigenvalue weighted by Crippen LogP contribution is -2.25. The Bertz CT molecular complexity index is 711. The second-order valence-corrected chi connectivity index (χ2v) is 8.19. The second-order valence-electron chi connectivity index (χ2n) is 7.05. The van der Waals surface area contributed by atoms with Crippen LogP contribution in [0.1, 0.15) is 53.4 Å². The van der Waals surface area contributed by atoms with E-state index in [1.807, 2.05) is 38.1 Å². The molecule has 1 aliphatic rings. The van der Waals surface area contributed by atoms with Crippen LogP contribution in [0.4, 0.5) is 0 Å². The molecule has 0 spiro atoms. The lowest BCUT2D eigenvalue weighted by molar-refractivity contribution is 0.0955. The molecule has 2 aromatic rings. The molecule has 0 radical (unpaired) electrons. The van der Waals surface area contributed by atoms with Gasteiger partial charge in [-0.1, -0.05) is 12.1 Å². The first-order chi connectivity index (χ1) is 11.9. The minimum absolute atomic E-state index is 0.0120. The average Bonchev–Trinajstić information content (AvgIpc) is 3.12. The predicted octanol–water partition coefficient (Wildman–Crippen LogP) is 4.19. The Labute approximate surface area is 153 Å². The van der Waals surface area contributed by atoms with Crippen molar-refractivity contribution in [3.8, 4) is 5.75 Å². The first-order valence-electron chi connectivity index (χ1n) is 8.82. The molecule has 0 saturated carbocycles.